The van der Waals surface area contributed by atoms with Crippen molar-refractivity contribution in [2.75, 3.05) is 0 Å². The van der Waals surface area contributed by atoms with Gasteiger partial charge in [0.1, 0.15) is 6.04 Å². The fourth-order valence-corrected chi connectivity index (χ4v) is 2.93. The van der Waals surface area contributed by atoms with Gasteiger partial charge in [-0.05, 0) is 37.3 Å². The van der Waals surface area contributed by atoms with E-state index in [2.05, 4.69) is 29.5 Å². The normalized spacial score (nSPS) is 20.7. The van der Waals surface area contributed by atoms with Crippen LogP contribution in [0, 0.1) is 13.8 Å². The van der Waals surface area contributed by atoms with Crippen molar-refractivity contribution in [2.45, 2.75) is 26.8 Å². The molecule has 1 aromatic rings. The highest BCUT2D eigenvalue weighted by Gasteiger charge is 2.21. The summed E-state index contributed by atoms with van der Waals surface area (Å²) in [6.45, 7) is 6.19. The summed E-state index contributed by atoms with van der Waals surface area (Å²) in [5.74, 6) is 0.912. The highest BCUT2D eigenvalue weighted by atomic mass is 35.5. The first-order valence-corrected chi connectivity index (χ1v) is 6.06. The van der Waals surface area contributed by atoms with Crippen LogP contribution in [0.2, 0.25) is 0 Å². The lowest BCUT2D eigenvalue weighted by atomic mass is 10.1. The van der Waals surface area contributed by atoms with Gasteiger partial charge in [0, 0.05) is 11.1 Å². The maximum atomic E-state index is 6.16. The van der Waals surface area contributed by atoms with Crippen molar-refractivity contribution in [3.8, 4) is 0 Å². The van der Waals surface area contributed by atoms with E-state index < -0.39 is 0 Å². The lowest BCUT2D eigenvalue weighted by Crippen LogP contribution is -2.20. The number of halogens is 1. The van der Waals surface area contributed by atoms with Crippen LogP contribution >= 0.6 is 22.9 Å². The largest absolute Gasteiger partial charge is 0.349 e. The van der Waals surface area contributed by atoms with E-state index in [0.717, 1.165) is 10.9 Å². The molecule has 0 amide bonds. The summed E-state index contributed by atoms with van der Waals surface area (Å²) in [6, 6.07) is -0.00776. The summed E-state index contributed by atoms with van der Waals surface area (Å²) in [5, 5.41) is 5.93. The number of amidine groups is 1. The number of hydrogen-bond donors (Lipinski definition) is 1. The van der Waals surface area contributed by atoms with E-state index in [9.17, 15) is 0 Å². The van der Waals surface area contributed by atoms with E-state index in [4.69, 9.17) is 11.6 Å². The van der Waals surface area contributed by atoms with E-state index in [0.29, 0.717) is 0 Å². The van der Waals surface area contributed by atoms with Crippen molar-refractivity contribution in [3.63, 3.8) is 0 Å². The molecule has 0 saturated heterocycles. The molecule has 1 atom stereocenters. The first-order chi connectivity index (χ1) is 7.09. The van der Waals surface area contributed by atoms with Crippen LogP contribution in [0.4, 0.5) is 0 Å². The van der Waals surface area contributed by atoms with E-state index in [1.54, 1.807) is 11.3 Å². The maximum absolute atomic E-state index is 6.16. The van der Waals surface area contributed by atoms with Gasteiger partial charge in [-0.25, -0.2) is 0 Å². The summed E-state index contributed by atoms with van der Waals surface area (Å²) >= 11 is 7.89. The molecule has 2 nitrogen and oxygen atoms in total. The Kier molecular flexibility index (Phi) is 2.85. The minimum atomic E-state index is -0.00776. The van der Waals surface area contributed by atoms with E-state index in [1.165, 1.54) is 16.0 Å². The second-order valence-electron chi connectivity index (χ2n) is 3.70. The topological polar surface area (TPSA) is 24.4 Å². The number of hydrogen-bond acceptors (Lipinski definition) is 3. The third-order valence-corrected chi connectivity index (χ3v) is 4.15. The molecule has 15 heavy (non-hydrogen) atoms. The summed E-state index contributed by atoms with van der Waals surface area (Å²) in [6.07, 6.45) is 1.82. The highest BCUT2D eigenvalue weighted by molar-refractivity contribution is 7.10. The molecule has 2 heterocycles. The molecule has 0 saturated carbocycles. The van der Waals surface area contributed by atoms with Gasteiger partial charge in [0.2, 0.25) is 0 Å². The van der Waals surface area contributed by atoms with Gasteiger partial charge in [0.25, 0.3) is 0 Å². The number of thiophene rings is 1. The van der Waals surface area contributed by atoms with Gasteiger partial charge in [-0.15, -0.1) is 11.3 Å². The second kappa shape index (κ2) is 3.99. The molecule has 1 N–H and O–H groups in total. The maximum Gasteiger partial charge on any atom is 0.123 e. The zero-order valence-corrected chi connectivity index (χ0v) is 10.5. The van der Waals surface area contributed by atoms with Crippen molar-refractivity contribution in [2.24, 2.45) is 4.99 Å². The van der Waals surface area contributed by atoms with E-state index in [1.807, 2.05) is 13.1 Å². The molecule has 1 aliphatic heterocycles. The van der Waals surface area contributed by atoms with E-state index in [-0.39, 0.29) is 6.04 Å². The Morgan fingerprint density at radius 3 is 2.73 bits per heavy atom. The monoisotopic (exact) mass is 240 g/mol. The summed E-state index contributed by atoms with van der Waals surface area (Å²) < 4.78 is 0. The summed E-state index contributed by atoms with van der Waals surface area (Å²) in [7, 11) is 0. The van der Waals surface area contributed by atoms with Crippen LogP contribution in [-0.2, 0) is 0 Å². The fraction of sp³-hybridized carbons (Fsp3) is 0.364. The molecule has 0 spiro atoms. The lowest BCUT2D eigenvalue weighted by molar-refractivity contribution is 0.861. The van der Waals surface area contributed by atoms with Gasteiger partial charge >= 0.3 is 0 Å². The van der Waals surface area contributed by atoms with Gasteiger partial charge in [0.15, 0.2) is 0 Å². The smallest absolute Gasteiger partial charge is 0.123 e. The Labute approximate surface area is 98.7 Å². The second-order valence-corrected chi connectivity index (χ2v) is 5.05. The molecule has 1 aliphatic rings. The van der Waals surface area contributed by atoms with Crippen molar-refractivity contribution in [3.05, 3.63) is 32.6 Å². The fourth-order valence-electron chi connectivity index (χ4n) is 1.52. The standard InChI is InChI=1S/C11H13ClN2S/c1-6-5-15-11(7(6)2)10-9(12)4-13-8(3)14-10/h4-5,10H,1-3H3,(H,13,14). The predicted octanol–water partition coefficient (Wildman–Crippen LogP) is 3.51. The molecule has 0 aliphatic carbocycles. The highest BCUT2D eigenvalue weighted by Crippen LogP contribution is 2.37. The third-order valence-electron chi connectivity index (χ3n) is 2.58. The quantitative estimate of drug-likeness (QED) is 0.798. The molecule has 1 aromatic heterocycles. The molecule has 0 fully saturated rings. The molecule has 4 heteroatoms. The molecule has 80 valence electrons. The summed E-state index contributed by atoms with van der Waals surface area (Å²) in [4.78, 5) is 5.77. The predicted molar refractivity (Wildman–Crippen MR) is 66.7 cm³/mol. The molecular formula is C11H13ClN2S. The van der Waals surface area contributed by atoms with Gasteiger partial charge < -0.3 is 5.32 Å². The summed E-state index contributed by atoms with van der Waals surface area (Å²) in [5.41, 5.74) is 2.61. The van der Waals surface area contributed by atoms with Crippen LogP contribution in [0.1, 0.15) is 29.0 Å². The zero-order chi connectivity index (χ0) is 11.0. The molecule has 0 aromatic carbocycles. The molecular weight excluding hydrogens is 228 g/mol. The third kappa shape index (κ3) is 1.94. The van der Waals surface area contributed by atoms with Crippen molar-refractivity contribution < 1.29 is 0 Å². The van der Waals surface area contributed by atoms with E-state index >= 15 is 0 Å². The molecule has 2 rings (SSSR count). The Hall–Kier alpha value is -0.800. The Bertz CT molecular complexity index is 445. The van der Waals surface area contributed by atoms with Crippen LogP contribution in [0.3, 0.4) is 0 Å². The van der Waals surface area contributed by atoms with Gasteiger partial charge in [0.05, 0.1) is 10.9 Å². The Morgan fingerprint density at radius 1 is 1.40 bits per heavy atom. The molecule has 1 unspecified atom stereocenters. The van der Waals surface area contributed by atoms with Crippen molar-refractivity contribution in [1.29, 1.82) is 0 Å². The van der Waals surface area contributed by atoms with Crippen molar-refractivity contribution >= 4 is 28.8 Å². The first kappa shape index (κ1) is 10.7. The number of nitrogens with zero attached hydrogens (tertiary/aromatic N) is 1. The van der Waals surface area contributed by atoms with Gasteiger partial charge in [-0.3, -0.25) is 4.99 Å². The minimum absolute atomic E-state index is 0.00776. The number of aliphatic imine (C=N–C) groups is 1. The SMILES string of the molecule is CC1=NC(c2scc(C)c2C)C(Cl)=CN1. The minimum Gasteiger partial charge on any atom is -0.349 e. The van der Waals surface area contributed by atoms with Gasteiger partial charge in [-0.2, -0.15) is 0 Å². The van der Waals surface area contributed by atoms with Crippen LogP contribution in [0.25, 0.3) is 0 Å². The van der Waals surface area contributed by atoms with Crippen molar-refractivity contribution in [1.82, 2.24) is 5.32 Å². The number of aryl methyl sites for hydroxylation is 1. The number of rotatable bonds is 1. The average Bonchev–Trinajstić information content (AvgIpc) is 2.52. The molecule has 0 radical (unpaired) electrons. The van der Waals surface area contributed by atoms with Crippen LogP contribution in [0.15, 0.2) is 21.6 Å². The van der Waals surface area contributed by atoms with Crippen LogP contribution < -0.4 is 5.32 Å². The number of nitrogens with one attached hydrogen (secondary N) is 1. The van der Waals surface area contributed by atoms with Crippen LogP contribution in [0.5, 0.6) is 0 Å². The zero-order valence-electron chi connectivity index (χ0n) is 8.97. The van der Waals surface area contributed by atoms with Gasteiger partial charge in [-0.1, -0.05) is 11.6 Å². The average molecular weight is 241 g/mol. The Balaban J connectivity index is 2.42. The lowest BCUT2D eigenvalue weighted by Gasteiger charge is -2.17. The van der Waals surface area contributed by atoms with Crippen LogP contribution in [-0.4, -0.2) is 5.84 Å². The molecule has 0 bridgehead atoms. The Morgan fingerprint density at radius 2 is 2.13 bits per heavy atom. The first-order valence-electron chi connectivity index (χ1n) is 4.80.